The summed E-state index contributed by atoms with van der Waals surface area (Å²) in [6.45, 7) is 4.57. The molecule has 18 heavy (non-hydrogen) atoms. The summed E-state index contributed by atoms with van der Waals surface area (Å²) in [6.07, 6.45) is 0. The van der Waals surface area contributed by atoms with Crippen molar-refractivity contribution in [3.63, 3.8) is 0 Å². The van der Waals surface area contributed by atoms with Crippen molar-refractivity contribution in [3.8, 4) is 0 Å². The zero-order valence-electron chi connectivity index (χ0n) is 10.9. The summed E-state index contributed by atoms with van der Waals surface area (Å²) in [6, 6.07) is 6.62. The first-order chi connectivity index (χ1) is 8.36. The van der Waals surface area contributed by atoms with Crippen molar-refractivity contribution in [1.29, 1.82) is 0 Å². The fraction of sp³-hybridized carbons (Fsp3) is 0.500. The van der Waals surface area contributed by atoms with Crippen LogP contribution >= 0.6 is 0 Å². The average molecular weight is 272 g/mol. The SMILES string of the molecule is COCC(Nc1ccccc1S(N)(=O)=O)C(C)C. The van der Waals surface area contributed by atoms with Crippen molar-refractivity contribution >= 4 is 15.7 Å². The van der Waals surface area contributed by atoms with Gasteiger partial charge in [0.15, 0.2) is 0 Å². The Morgan fingerprint density at radius 3 is 2.44 bits per heavy atom. The van der Waals surface area contributed by atoms with E-state index in [9.17, 15) is 8.42 Å². The van der Waals surface area contributed by atoms with E-state index in [2.05, 4.69) is 5.32 Å². The number of ether oxygens (including phenoxy) is 1. The van der Waals surface area contributed by atoms with Gasteiger partial charge in [-0.1, -0.05) is 26.0 Å². The highest BCUT2D eigenvalue weighted by Gasteiger charge is 2.18. The number of nitrogens with one attached hydrogen (secondary N) is 1. The van der Waals surface area contributed by atoms with Crippen LogP contribution in [-0.4, -0.2) is 28.2 Å². The molecule has 1 aromatic rings. The van der Waals surface area contributed by atoms with Gasteiger partial charge in [-0.3, -0.25) is 0 Å². The van der Waals surface area contributed by atoms with Gasteiger partial charge in [0.1, 0.15) is 4.90 Å². The molecule has 1 aromatic carbocycles. The lowest BCUT2D eigenvalue weighted by Gasteiger charge is -2.23. The van der Waals surface area contributed by atoms with Crippen LogP contribution in [0, 0.1) is 5.92 Å². The lowest BCUT2D eigenvalue weighted by molar-refractivity contribution is 0.171. The van der Waals surface area contributed by atoms with Gasteiger partial charge < -0.3 is 10.1 Å². The van der Waals surface area contributed by atoms with Crippen LogP contribution in [0.5, 0.6) is 0 Å². The largest absolute Gasteiger partial charge is 0.383 e. The lowest BCUT2D eigenvalue weighted by atomic mass is 10.1. The van der Waals surface area contributed by atoms with Crippen molar-refractivity contribution in [1.82, 2.24) is 0 Å². The number of hydrogen-bond acceptors (Lipinski definition) is 4. The Morgan fingerprint density at radius 2 is 1.94 bits per heavy atom. The van der Waals surface area contributed by atoms with E-state index in [0.717, 1.165) is 0 Å². The lowest BCUT2D eigenvalue weighted by Crippen LogP contribution is -2.31. The average Bonchev–Trinajstić information content (AvgIpc) is 2.27. The highest BCUT2D eigenvalue weighted by atomic mass is 32.2. The molecule has 5 nitrogen and oxygen atoms in total. The minimum absolute atomic E-state index is 0.0258. The first kappa shape index (κ1) is 14.9. The first-order valence-electron chi connectivity index (χ1n) is 5.73. The molecule has 0 fully saturated rings. The van der Waals surface area contributed by atoms with E-state index in [0.29, 0.717) is 18.2 Å². The Balaban J connectivity index is 3.03. The summed E-state index contributed by atoms with van der Waals surface area (Å²) >= 11 is 0. The summed E-state index contributed by atoms with van der Waals surface area (Å²) in [5.74, 6) is 0.304. The number of sulfonamides is 1. The van der Waals surface area contributed by atoms with Crippen molar-refractivity contribution in [2.45, 2.75) is 24.8 Å². The monoisotopic (exact) mass is 272 g/mol. The van der Waals surface area contributed by atoms with E-state index in [1.807, 2.05) is 13.8 Å². The number of hydrogen-bond donors (Lipinski definition) is 2. The summed E-state index contributed by atoms with van der Waals surface area (Å²) in [7, 11) is -2.11. The van der Waals surface area contributed by atoms with Crippen LogP contribution in [0.15, 0.2) is 29.2 Å². The molecule has 102 valence electrons. The van der Waals surface area contributed by atoms with Gasteiger partial charge in [0.25, 0.3) is 0 Å². The molecule has 0 aliphatic heterocycles. The van der Waals surface area contributed by atoms with E-state index in [1.54, 1.807) is 25.3 Å². The van der Waals surface area contributed by atoms with Crippen LogP contribution in [0.1, 0.15) is 13.8 Å². The minimum Gasteiger partial charge on any atom is -0.383 e. The normalized spacial score (nSPS) is 13.6. The molecule has 6 heteroatoms. The third-order valence-corrected chi connectivity index (χ3v) is 3.65. The van der Waals surface area contributed by atoms with Crippen LogP contribution in [0.25, 0.3) is 0 Å². The molecule has 0 amide bonds. The molecule has 1 rings (SSSR count). The van der Waals surface area contributed by atoms with Crippen molar-refractivity contribution in [2.24, 2.45) is 11.1 Å². The molecule has 0 heterocycles. The molecule has 1 atom stereocenters. The Morgan fingerprint density at radius 1 is 1.33 bits per heavy atom. The highest BCUT2D eigenvalue weighted by molar-refractivity contribution is 7.89. The zero-order chi connectivity index (χ0) is 13.8. The van der Waals surface area contributed by atoms with Gasteiger partial charge in [0, 0.05) is 7.11 Å². The summed E-state index contributed by atoms with van der Waals surface area (Å²) in [4.78, 5) is 0.103. The van der Waals surface area contributed by atoms with Gasteiger partial charge in [-0.15, -0.1) is 0 Å². The number of primary sulfonamides is 1. The molecule has 0 aromatic heterocycles. The molecule has 0 spiro atoms. The topological polar surface area (TPSA) is 81.4 Å². The summed E-state index contributed by atoms with van der Waals surface area (Å²) in [5, 5.41) is 8.35. The van der Waals surface area contributed by atoms with Gasteiger partial charge in [-0.2, -0.15) is 0 Å². The van der Waals surface area contributed by atoms with Gasteiger partial charge in [-0.05, 0) is 18.1 Å². The van der Waals surface area contributed by atoms with Crippen LogP contribution in [-0.2, 0) is 14.8 Å². The number of benzene rings is 1. The molecule has 0 saturated heterocycles. The molecular weight excluding hydrogens is 252 g/mol. The third-order valence-electron chi connectivity index (χ3n) is 2.69. The van der Waals surface area contributed by atoms with Gasteiger partial charge in [0.2, 0.25) is 10.0 Å². The maximum atomic E-state index is 11.5. The smallest absolute Gasteiger partial charge is 0.240 e. The molecular formula is C12H20N2O3S. The fourth-order valence-electron chi connectivity index (χ4n) is 1.61. The van der Waals surface area contributed by atoms with Crippen LogP contribution < -0.4 is 10.5 Å². The molecule has 0 aliphatic carbocycles. The van der Waals surface area contributed by atoms with Gasteiger partial charge >= 0.3 is 0 Å². The number of anilines is 1. The molecule has 0 saturated carbocycles. The van der Waals surface area contributed by atoms with Crippen LogP contribution in [0.2, 0.25) is 0 Å². The summed E-state index contributed by atoms with van der Waals surface area (Å²) < 4.78 is 28.1. The van der Waals surface area contributed by atoms with Crippen molar-refractivity contribution in [3.05, 3.63) is 24.3 Å². The highest BCUT2D eigenvalue weighted by Crippen LogP contribution is 2.21. The molecule has 3 N–H and O–H groups in total. The van der Waals surface area contributed by atoms with Crippen molar-refractivity contribution in [2.75, 3.05) is 19.0 Å². The Bertz CT molecular complexity index is 486. The predicted octanol–water partition coefficient (Wildman–Crippen LogP) is 1.42. The van der Waals surface area contributed by atoms with Crippen LogP contribution in [0.3, 0.4) is 0 Å². The van der Waals surface area contributed by atoms with E-state index in [4.69, 9.17) is 9.88 Å². The predicted molar refractivity (Wildman–Crippen MR) is 71.9 cm³/mol. The van der Waals surface area contributed by atoms with Crippen molar-refractivity contribution < 1.29 is 13.2 Å². The molecule has 0 radical (unpaired) electrons. The number of rotatable bonds is 6. The summed E-state index contributed by atoms with van der Waals surface area (Å²) in [5.41, 5.74) is 0.510. The van der Waals surface area contributed by atoms with E-state index in [-0.39, 0.29) is 10.9 Å². The Kier molecular flexibility index (Phi) is 5.13. The third kappa shape index (κ3) is 3.97. The van der Waals surface area contributed by atoms with Crippen LogP contribution in [0.4, 0.5) is 5.69 Å². The van der Waals surface area contributed by atoms with E-state index >= 15 is 0 Å². The molecule has 0 bridgehead atoms. The fourth-order valence-corrected chi connectivity index (χ4v) is 2.32. The number of para-hydroxylation sites is 1. The minimum atomic E-state index is -3.72. The van der Waals surface area contributed by atoms with E-state index < -0.39 is 10.0 Å². The van der Waals surface area contributed by atoms with E-state index in [1.165, 1.54) is 6.07 Å². The molecule has 0 aliphatic rings. The number of methoxy groups -OCH3 is 1. The van der Waals surface area contributed by atoms with Gasteiger partial charge in [0.05, 0.1) is 18.3 Å². The maximum absolute atomic E-state index is 11.5. The second-order valence-electron chi connectivity index (χ2n) is 4.49. The number of nitrogens with two attached hydrogens (primary N) is 1. The Labute approximate surface area is 108 Å². The van der Waals surface area contributed by atoms with Gasteiger partial charge in [-0.25, -0.2) is 13.6 Å². The standard InChI is InChI=1S/C12H20N2O3S/c1-9(2)11(8-17-3)14-10-6-4-5-7-12(10)18(13,15)16/h4-7,9,11,14H,8H2,1-3H3,(H2,13,15,16). The second kappa shape index (κ2) is 6.17. The first-order valence-corrected chi connectivity index (χ1v) is 7.28. The zero-order valence-corrected chi connectivity index (χ0v) is 11.7. The molecule has 1 unspecified atom stereocenters. The Hall–Kier alpha value is -1.11. The quantitative estimate of drug-likeness (QED) is 0.820. The maximum Gasteiger partial charge on any atom is 0.240 e. The second-order valence-corrected chi connectivity index (χ2v) is 6.02.